The minimum atomic E-state index is -0.118. The molecule has 0 aliphatic carbocycles. The number of ketones is 1. The molecule has 2 aliphatic rings. The third kappa shape index (κ3) is 2.35. The van der Waals surface area contributed by atoms with Crippen molar-refractivity contribution in [3.8, 4) is 0 Å². The van der Waals surface area contributed by atoms with Gasteiger partial charge in [-0.2, -0.15) is 0 Å². The average molecular weight is 267 g/mol. The Kier molecular flexibility index (Phi) is 3.46. The Hall–Kier alpha value is -0.780. The van der Waals surface area contributed by atoms with E-state index in [1.807, 2.05) is 5.38 Å². The van der Waals surface area contributed by atoms with E-state index in [1.165, 1.54) is 11.3 Å². The second-order valence-electron chi connectivity index (χ2n) is 5.07. The van der Waals surface area contributed by atoms with Crippen LogP contribution in [0.15, 0.2) is 10.9 Å². The van der Waals surface area contributed by atoms with Crippen molar-refractivity contribution in [1.82, 2.24) is 4.98 Å². The summed E-state index contributed by atoms with van der Waals surface area (Å²) in [7, 11) is 0. The number of carbonyl (C=O) groups is 1. The number of rotatable bonds is 2. The highest BCUT2D eigenvalue weighted by molar-refractivity contribution is 7.07. The maximum absolute atomic E-state index is 12.3. The molecule has 0 radical (unpaired) electrons. The predicted molar refractivity (Wildman–Crippen MR) is 67.9 cm³/mol. The maximum atomic E-state index is 12.3. The van der Waals surface area contributed by atoms with Crippen LogP contribution in [0.4, 0.5) is 0 Å². The summed E-state index contributed by atoms with van der Waals surface area (Å²) in [6.45, 7) is 2.18. The van der Waals surface area contributed by atoms with Crippen molar-refractivity contribution < 1.29 is 14.3 Å². The van der Waals surface area contributed by atoms with Crippen LogP contribution >= 0.6 is 11.3 Å². The van der Waals surface area contributed by atoms with E-state index in [1.54, 1.807) is 5.51 Å². The van der Waals surface area contributed by atoms with Crippen molar-refractivity contribution in [3.05, 3.63) is 16.6 Å². The molecule has 0 N–H and O–H groups in total. The molecule has 18 heavy (non-hydrogen) atoms. The minimum absolute atomic E-state index is 0.0685. The Labute approximate surface area is 110 Å². The van der Waals surface area contributed by atoms with Gasteiger partial charge in [-0.15, -0.1) is 11.3 Å². The first-order valence-electron chi connectivity index (χ1n) is 6.43. The van der Waals surface area contributed by atoms with E-state index >= 15 is 0 Å². The third-order valence-electron chi connectivity index (χ3n) is 3.95. The molecule has 3 rings (SSSR count). The van der Waals surface area contributed by atoms with Gasteiger partial charge >= 0.3 is 0 Å². The van der Waals surface area contributed by atoms with Crippen LogP contribution in [-0.4, -0.2) is 36.2 Å². The van der Waals surface area contributed by atoms with Gasteiger partial charge in [0.1, 0.15) is 5.69 Å². The molecule has 1 aromatic heterocycles. The average Bonchev–Trinajstić information content (AvgIpc) is 2.93. The molecule has 0 amide bonds. The zero-order valence-corrected chi connectivity index (χ0v) is 11.1. The predicted octanol–water partition coefficient (Wildman–Crippen LogP) is 2.30. The molecular weight excluding hydrogens is 250 g/mol. The normalized spacial score (nSPS) is 27.2. The van der Waals surface area contributed by atoms with Crippen LogP contribution in [0.25, 0.3) is 0 Å². The van der Waals surface area contributed by atoms with E-state index in [4.69, 9.17) is 9.47 Å². The zero-order chi connectivity index (χ0) is 12.4. The Bertz CT molecular complexity index is 406. The molecule has 3 heterocycles. The monoisotopic (exact) mass is 267 g/mol. The highest BCUT2D eigenvalue weighted by Crippen LogP contribution is 2.38. The molecule has 98 valence electrons. The molecule has 2 aliphatic heterocycles. The SMILES string of the molecule is O=C(c1cscn1)C1CCOC2(CCOCC2)C1. The minimum Gasteiger partial charge on any atom is -0.381 e. The Morgan fingerprint density at radius 3 is 2.94 bits per heavy atom. The second-order valence-corrected chi connectivity index (χ2v) is 5.79. The van der Waals surface area contributed by atoms with Gasteiger partial charge in [-0.25, -0.2) is 4.98 Å². The number of nitrogens with zero attached hydrogens (tertiary/aromatic N) is 1. The van der Waals surface area contributed by atoms with Gasteiger partial charge in [0, 0.05) is 31.1 Å². The summed E-state index contributed by atoms with van der Waals surface area (Å²) in [6.07, 6.45) is 3.47. The van der Waals surface area contributed by atoms with Crippen molar-refractivity contribution in [2.24, 2.45) is 5.92 Å². The van der Waals surface area contributed by atoms with Crippen LogP contribution in [0.1, 0.15) is 36.2 Å². The maximum Gasteiger partial charge on any atom is 0.185 e. The summed E-state index contributed by atoms with van der Waals surface area (Å²) in [6, 6.07) is 0. The highest BCUT2D eigenvalue weighted by Gasteiger charge is 2.41. The smallest absolute Gasteiger partial charge is 0.185 e. The quantitative estimate of drug-likeness (QED) is 0.771. The Morgan fingerprint density at radius 2 is 2.22 bits per heavy atom. The molecular formula is C13H17NO3S. The Balaban J connectivity index is 1.72. The third-order valence-corrected chi connectivity index (χ3v) is 4.54. The highest BCUT2D eigenvalue weighted by atomic mass is 32.1. The van der Waals surface area contributed by atoms with Crippen LogP contribution in [0, 0.1) is 5.92 Å². The standard InChI is InChI=1S/C13H17NO3S/c15-12(11-8-18-9-14-11)10-1-4-17-13(7-10)2-5-16-6-3-13/h8-10H,1-7H2. The lowest BCUT2D eigenvalue weighted by atomic mass is 9.78. The molecule has 0 saturated carbocycles. The molecule has 1 atom stereocenters. The molecule has 0 bridgehead atoms. The van der Waals surface area contributed by atoms with Gasteiger partial charge in [0.2, 0.25) is 0 Å². The second kappa shape index (κ2) is 5.07. The lowest BCUT2D eigenvalue weighted by Crippen LogP contribution is -2.45. The van der Waals surface area contributed by atoms with E-state index < -0.39 is 0 Å². The largest absolute Gasteiger partial charge is 0.381 e. The van der Waals surface area contributed by atoms with E-state index in [2.05, 4.69) is 4.98 Å². The molecule has 1 unspecified atom stereocenters. The van der Waals surface area contributed by atoms with Crippen LogP contribution in [0.3, 0.4) is 0 Å². The first-order chi connectivity index (χ1) is 8.79. The lowest BCUT2D eigenvalue weighted by Gasteiger charge is -2.42. The number of hydrogen-bond acceptors (Lipinski definition) is 5. The summed E-state index contributed by atoms with van der Waals surface area (Å²) >= 11 is 1.48. The lowest BCUT2D eigenvalue weighted by molar-refractivity contribution is -0.142. The van der Waals surface area contributed by atoms with Gasteiger partial charge in [0.05, 0.1) is 11.1 Å². The molecule has 5 heteroatoms. The number of aromatic nitrogens is 1. The number of thiazole rings is 1. The molecule has 2 fully saturated rings. The summed E-state index contributed by atoms with van der Waals surface area (Å²) < 4.78 is 11.3. The first kappa shape index (κ1) is 12.3. The summed E-state index contributed by atoms with van der Waals surface area (Å²) in [5.41, 5.74) is 2.22. The van der Waals surface area contributed by atoms with Gasteiger partial charge in [-0.05, 0) is 25.7 Å². The van der Waals surface area contributed by atoms with Gasteiger partial charge in [-0.3, -0.25) is 4.79 Å². The first-order valence-corrected chi connectivity index (χ1v) is 7.37. The van der Waals surface area contributed by atoms with E-state index in [0.29, 0.717) is 12.3 Å². The van der Waals surface area contributed by atoms with E-state index in [0.717, 1.165) is 38.9 Å². The van der Waals surface area contributed by atoms with Crippen LogP contribution in [0.5, 0.6) is 0 Å². The topological polar surface area (TPSA) is 48.4 Å². The fourth-order valence-electron chi connectivity index (χ4n) is 2.89. The molecule has 4 nitrogen and oxygen atoms in total. The number of carbonyl (C=O) groups excluding carboxylic acids is 1. The van der Waals surface area contributed by atoms with Gasteiger partial charge in [-0.1, -0.05) is 0 Å². The van der Waals surface area contributed by atoms with Crippen molar-refractivity contribution in [1.29, 1.82) is 0 Å². The molecule has 1 aromatic rings. The van der Waals surface area contributed by atoms with E-state index in [9.17, 15) is 4.79 Å². The molecule has 0 aromatic carbocycles. The van der Waals surface area contributed by atoms with E-state index in [-0.39, 0.29) is 17.3 Å². The summed E-state index contributed by atoms with van der Waals surface area (Å²) in [5, 5.41) is 1.84. The summed E-state index contributed by atoms with van der Waals surface area (Å²) in [4.78, 5) is 16.5. The van der Waals surface area contributed by atoms with Crippen molar-refractivity contribution in [2.45, 2.75) is 31.3 Å². The fourth-order valence-corrected chi connectivity index (χ4v) is 3.43. The van der Waals surface area contributed by atoms with Gasteiger partial charge in [0.25, 0.3) is 0 Å². The molecule has 1 spiro atoms. The number of ether oxygens (including phenoxy) is 2. The number of Topliss-reactive ketones (excluding diaryl/α,β-unsaturated/α-hetero) is 1. The van der Waals surface area contributed by atoms with Crippen molar-refractivity contribution in [2.75, 3.05) is 19.8 Å². The Morgan fingerprint density at radius 1 is 1.39 bits per heavy atom. The fraction of sp³-hybridized carbons (Fsp3) is 0.692. The van der Waals surface area contributed by atoms with Crippen molar-refractivity contribution >= 4 is 17.1 Å². The van der Waals surface area contributed by atoms with Crippen LogP contribution in [0.2, 0.25) is 0 Å². The zero-order valence-electron chi connectivity index (χ0n) is 10.3. The van der Waals surface area contributed by atoms with Crippen LogP contribution < -0.4 is 0 Å². The molecule has 2 saturated heterocycles. The van der Waals surface area contributed by atoms with Gasteiger partial charge < -0.3 is 9.47 Å². The van der Waals surface area contributed by atoms with Crippen LogP contribution in [-0.2, 0) is 9.47 Å². The number of hydrogen-bond donors (Lipinski definition) is 0. The van der Waals surface area contributed by atoms with Gasteiger partial charge in [0.15, 0.2) is 5.78 Å². The summed E-state index contributed by atoms with van der Waals surface area (Å²) in [5.74, 6) is 0.254. The van der Waals surface area contributed by atoms with Crippen molar-refractivity contribution in [3.63, 3.8) is 0 Å².